The predicted octanol–water partition coefficient (Wildman–Crippen LogP) is 3.50. The summed E-state index contributed by atoms with van der Waals surface area (Å²) in [5.74, 6) is -0.815. The molecule has 1 amide bonds. The summed E-state index contributed by atoms with van der Waals surface area (Å²) in [5.41, 5.74) is 1.39. The predicted molar refractivity (Wildman–Crippen MR) is 115 cm³/mol. The van der Waals surface area contributed by atoms with E-state index in [1.54, 1.807) is 25.3 Å². The van der Waals surface area contributed by atoms with Crippen LogP contribution in [-0.4, -0.2) is 54.6 Å². The number of amides is 1. The lowest BCUT2D eigenvalue weighted by Gasteiger charge is -2.24. The number of halogens is 3. The number of nitrogens with one attached hydrogen (secondary N) is 2. The Morgan fingerprint density at radius 2 is 1.88 bits per heavy atom. The highest BCUT2D eigenvalue weighted by Crippen LogP contribution is 2.30. The van der Waals surface area contributed by atoms with Crippen molar-refractivity contribution in [2.24, 2.45) is 0 Å². The molecule has 1 aliphatic heterocycles. The molecule has 3 N–H and O–H groups in total. The van der Waals surface area contributed by atoms with Gasteiger partial charge >= 0.3 is 12.1 Å². The van der Waals surface area contributed by atoms with Crippen LogP contribution in [0.25, 0.3) is 0 Å². The number of rotatable bonds is 7. The Kier molecular flexibility index (Phi) is 9.72. The standard InChI is InChI=1S/C20H27N3O4.C2HF3O2/c1-13(2)17-11-16(27-23-17)12-22-20(24)14-4-5-18(25-3)19(10-14)26-15-6-8-21-9-7-15;3-2(4,5)1(6)7/h4-5,10-11,13,15,21H,6-9,12H2,1-3H3,(H,22,24);(H,6,7). The van der Waals surface area contributed by atoms with E-state index in [-0.39, 0.29) is 24.5 Å². The highest BCUT2D eigenvalue weighted by atomic mass is 19.4. The van der Waals surface area contributed by atoms with Crippen LogP contribution in [0.15, 0.2) is 28.8 Å². The number of piperidine rings is 1. The molecule has 2 heterocycles. The molecule has 0 radical (unpaired) electrons. The molecule has 34 heavy (non-hydrogen) atoms. The van der Waals surface area contributed by atoms with Crippen molar-refractivity contribution in [3.63, 3.8) is 0 Å². The van der Waals surface area contributed by atoms with Gasteiger partial charge in [0.1, 0.15) is 6.10 Å². The number of aliphatic carboxylic acids is 1. The summed E-state index contributed by atoms with van der Waals surface area (Å²) in [5, 5.41) is 17.3. The molecule has 1 aromatic carbocycles. The van der Waals surface area contributed by atoms with Gasteiger partial charge in [-0.25, -0.2) is 4.79 Å². The number of nitrogens with zero attached hydrogens (tertiary/aromatic N) is 1. The van der Waals surface area contributed by atoms with E-state index in [0.717, 1.165) is 31.6 Å². The van der Waals surface area contributed by atoms with E-state index in [1.807, 2.05) is 19.9 Å². The summed E-state index contributed by atoms with van der Waals surface area (Å²) < 4.78 is 48.5. The van der Waals surface area contributed by atoms with Gasteiger partial charge in [-0.15, -0.1) is 0 Å². The van der Waals surface area contributed by atoms with Gasteiger partial charge < -0.3 is 29.7 Å². The second-order valence-corrected chi connectivity index (χ2v) is 7.79. The van der Waals surface area contributed by atoms with Crippen LogP contribution in [0.4, 0.5) is 13.2 Å². The SMILES string of the molecule is COc1ccc(C(=O)NCc2cc(C(C)C)no2)cc1OC1CCNCC1.O=C(O)C(F)(F)F. The Labute approximate surface area is 194 Å². The van der Waals surface area contributed by atoms with Crippen molar-refractivity contribution in [1.29, 1.82) is 0 Å². The first kappa shape index (κ1) is 27.0. The summed E-state index contributed by atoms with van der Waals surface area (Å²) >= 11 is 0. The number of hydrogen-bond acceptors (Lipinski definition) is 7. The first-order valence-corrected chi connectivity index (χ1v) is 10.6. The number of carbonyl (C=O) groups is 2. The summed E-state index contributed by atoms with van der Waals surface area (Å²) in [7, 11) is 1.60. The number of methoxy groups -OCH3 is 1. The molecular weight excluding hydrogens is 459 g/mol. The van der Waals surface area contributed by atoms with Crippen LogP contribution in [0.1, 0.15) is 54.4 Å². The fraction of sp³-hybridized carbons (Fsp3) is 0.500. The van der Waals surface area contributed by atoms with Gasteiger partial charge in [0.2, 0.25) is 0 Å². The van der Waals surface area contributed by atoms with Crippen LogP contribution in [0.2, 0.25) is 0 Å². The molecule has 12 heteroatoms. The number of carboxylic acid groups (broad SMARTS) is 1. The summed E-state index contributed by atoms with van der Waals surface area (Å²) in [4.78, 5) is 21.4. The quantitative estimate of drug-likeness (QED) is 0.542. The van der Waals surface area contributed by atoms with Crippen LogP contribution in [0.5, 0.6) is 11.5 Å². The third-order valence-corrected chi connectivity index (χ3v) is 4.84. The molecule has 0 unspecified atom stereocenters. The summed E-state index contributed by atoms with van der Waals surface area (Å²) in [6.07, 6.45) is -3.09. The average molecular weight is 487 g/mol. The van der Waals surface area contributed by atoms with E-state index in [9.17, 15) is 18.0 Å². The van der Waals surface area contributed by atoms with Crippen LogP contribution < -0.4 is 20.1 Å². The Bertz CT molecular complexity index is 956. The van der Waals surface area contributed by atoms with Crippen molar-refractivity contribution in [3.05, 3.63) is 41.3 Å². The van der Waals surface area contributed by atoms with Gasteiger partial charge in [-0.05, 0) is 50.0 Å². The first-order chi connectivity index (χ1) is 16.0. The van der Waals surface area contributed by atoms with Gasteiger partial charge in [-0.3, -0.25) is 4.79 Å². The van der Waals surface area contributed by atoms with Crippen molar-refractivity contribution in [3.8, 4) is 11.5 Å². The van der Waals surface area contributed by atoms with E-state index < -0.39 is 12.1 Å². The van der Waals surface area contributed by atoms with E-state index in [1.165, 1.54) is 0 Å². The van der Waals surface area contributed by atoms with Gasteiger partial charge in [0, 0.05) is 11.6 Å². The largest absolute Gasteiger partial charge is 0.493 e. The Balaban J connectivity index is 0.000000509. The average Bonchev–Trinajstić information content (AvgIpc) is 3.27. The zero-order chi connectivity index (χ0) is 25.3. The zero-order valence-corrected chi connectivity index (χ0v) is 19.1. The third kappa shape index (κ3) is 8.25. The van der Waals surface area contributed by atoms with Gasteiger partial charge in [0.25, 0.3) is 5.91 Å². The number of hydrogen-bond donors (Lipinski definition) is 3. The molecular formula is C22H28F3N3O6. The molecule has 1 aliphatic rings. The van der Waals surface area contributed by atoms with Gasteiger partial charge in [-0.1, -0.05) is 19.0 Å². The lowest BCUT2D eigenvalue weighted by molar-refractivity contribution is -0.192. The monoisotopic (exact) mass is 487 g/mol. The molecule has 1 fully saturated rings. The lowest BCUT2D eigenvalue weighted by atomic mass is 10.1. The van der Waals surface area contributed by atoms with E-state index in [4.69, 9.17) is 23.9 Å². The fourth-order valence-electron chi connectivity index (χ4n) is 2.96. The minimum Gasteiger partial charge on any atom is -0.493 e. The highest BCUT2D eigenvalue weighted by molar-refractivity contribution is 5.94. The molecule has 0 bridgehead atoms. The van der Waals surface area contributed by atoms with Crippen molar-refractivity contribution >= 4 is 11.9 Å². The van der Waals surface area contributed by atoms with E-state index >= 15 is 0 Å². The van der Waals surface area contributed by atoms with Crippen LogP contribution in [-0.2, 0) is 11.3 Å². The molecule has 9 nitrogen and oxygen atoms in total. The highest BCUT2D eigenvalue weighted by Gasteiger charge is 2.38. The maximum absolute atomic E-state index is 12.5. The van der Waals surface area contributed by atoms with Crippen LogP contribution >= 0.6 is 0 Å². The topological polar surface area (TPSA) is 123 Å². The summed E-state index contributed by atoms with van der Waals surface area (Å²) in [6.45, 7) is 6.24. The maximum atomic E-state index is 12.5. The van der Waals surface area contributed by atoms with E-state index in [2.05, 4.69) is 15.8 Å². The normalized spacial score (nSPS) is 14.2. The molecule has 1 saturated heterocycles. The smallest absolute Gasteiger partial charge is 0.490 e. The number of aromatic nitrogens is 1. The number of carboxylic acids is 1. The number of alkyl halides is 3. The molecule has 2 aromatic rings. The molecule has 0 aliphatic carbocycles. The lowest BCUT2D eigenvalue weighted by Crippen LogP contribution is -2.34. The van der Waals surface area contributed by atoms with Crippen molar-refractivity contribution in [2.75, 3.05) is 20.2 Å². The minimum atomic E-state index is -5.08. The molecule has 0 saturated carbocycles. The molecule has 0 spiro atoms. The van der Waals surface area contributed by atoms with Crippen molar-refractivity contribution in [1.82, 2.24) is 15.8 Å². The Morgan fingerprint density at radius 3 is 2.41 bits per heavy atom. The molecule has 3 rings (SSSR count). The second-order valence-electron chi connectivity index (χ2n) is 7.79. The summed E-state index contributed by atoms with van der Waals surface area (Å²) in [6, 6.07) is 7.08. The minimum absolute atomic E-state index is 0.127. The van der Waals surface area contributed by atoms with E-state index in [0.29, 0.717) is 22.8 Å². The maximum Gasteiger partial charge on any atom is 0.490 e. The second kappa shape index (κ2) is 12.3. The number of ether oxygens (including phenoxy) is 2. The third-order valence-electron chi connectivity index (χ3n) is 4.84. The molecule has 0 atom stereocenters. The van der Waals surface area contributed by atoms with Gasteiger partial charge in [0.15, 0.2) is 17.3 Å². The fourth-order valence-corrected chi connectivity index (χ4v) is 2.96. The Hall–Kier alpha value is -3.28. The van der Waals surface area contributed by atoms with Crippen LogP contribution in [0, 0.1) is 0 Å². The molecule has 1 aromatic heterocycles. The van der Waals surface area contributed by atoms with Gasteiger partial charge in [-0.2, -0.15) is 13.2 Å². The van der Waals surface area contributed by atoms with Crippen molar-refractivity contribution in [2.45, 2.75) is 51.4 Å². The zero-order valence-electron chi connectivity index (χ0n) is 19.1. The van der Waals surface area contributed by atoms with Crippen LogP contribution in [0.3, 0.4) is 0 Å². The number of benzene rings is 1. The Morgan fingerprint density at radius 1 is 1.24 bits per heavy atom. The molecule has 188 valence electrons. The van der Waals surface area contributed by atoms with Gasteiger partial charge in [0.05, 0.1) is 19.3 Å². The first-order valence-electron chi connectivity index (χ1n) is 10.6. The number of carbonyl (C=O) groups excluding carboxylic acids is 1. The van der Waals surface area contributed by atoms with Crippen molar-refractivity contribution < 1.29 is 41.9 Å².